The normalized spacial score (nSPS) is 17.0. The highest BCUT2D eigenvalue weighted by Crippen LogP contribution is 2.17. The molecule has 1 aliphatic rings. The van der Waals surface area contributed by atoms with E-state index in [1.807, 2.05) is 19.1 Å². The second kappa shape index (κ2) is 9.03. The maximum absolute atomic E-state index is 5.65. The highest BCUT2D eigenvalue weighted by molar-refractivity contribution is 5.33. The summed E-state index contributed by atoms with van der Waals surface area (Å²) in [4.78, 5) is 4.97. The van der Waals surface area contributed by atoms with E-state index >= 15 is 0 Å². The molecule has 4 nitrogen and oxygen atoms in total. The van der Waals surface area contributed by atoms with Crippen LogP contribution >= 0.6 is 0 Å². The Labute approximate surface area is 129 Å². The van der Waals surface area contributed by atoms with Crippen LogP contribution in [0.25, 0.3) is 0 Å². The van der Waals surface area contributed by atoms with E-state index in [1.165, 1.54) is 44.7 Å². The van der Waals surface area contributed by atoms with Crippen LogP contribution in [0.2, 0.25) is 0 Å². The van der Waals surface area contributed by atoms with E-state index in [4.69, 9.17) is 4.74 Å². The van der Waals surface area contributed by atoms with E-state index in [0.717, 1.165) is 25.4 Å². The molecule has 0 atom stereocenters. The molecule has 1 heterocycles. The van der Waals surface area contributed by atoms with Crippen LogP contribution in [-0.4, -0.2) is 62.7 Å². The van der Waals surface area contributed by atoms with Gasteiger partial charge in [-0.1, -0.05) is 18.2 Å². The van der Waals surface area contributed by atoms with Gasteiger partial charge in [-0.05, 0) is 39.5 Å². The SMILES string of the molecule is CCOc1ccccc1CNCCCN1CCN(C)CC1. The molecule has 0 aromatic heterocycles. The van der Waals surface area contributed by atoms with Crippen LogP contribution in [0.4, 0.5) is 0 Å². The maximum atomic E-state index is 5.65. The van der Waals surface area contributed by atoms with Crippen molar-refractivity contribution in [1.82, 2.24) is 15.1 Å². The minimum Gasteiger partial charge on any atom is -0.494 e. The van der Waals surface area contributed by atoms with Gasteiger partial charge in [0.1, 0.15) is 5.75 Å². The van der Waals surface area contributed by atoms with Gasteiger partial charge in [0.2, 0.25) is 0 Å². The molecule has 4 heteroatoms. The topological polar surface area (TPSA) is 27.7 Å². The van der Waals surface area contributed by atoms with Crippen molar-refractivity contribution in [1.29, 1.82) is 0 Å². The number of rotatable bonds is 8. The quantitative estimate of drug-likeness (QED) is 0.739. The van der Waals surface area contributed by atoms with E-state index in [9.17, 15) is 0 Å². The van der Waals surface area contributed by atoms with Crippen LogP contribution < -0.4 is 10.1 Å². The summed E-state index contributed by atoms with van der Waals surface area (Å²) in [5.41, 5.74) is 1.25. The summed E-state index contributed by atoms with van der Waals surface area (Å²) in [7, 11) is 2.20. The van der Waals surface area contributed by atoms with E-state index in [2.05, 4.69) is 34.3 Å². The van der Waals surface area contributed by atoms with Crippen LogP contribution in [0.5, 0.6) is 5.75 Å². The first-order valence-electron chi connectivity index (χ1n) is 8.12. The largest absolute Gasteiger partial charge is 0.494 e. The van der Waals surface area contributed by atoms with Gasteiger partial charge in [0.05, 0.1) is 6.61 Å². The molecular formula is C17H29N3O. The number of nitrogens with one attached hydrogen (secondary N) is 1. The van der Waals surface area contributed by atoms with Crippen molar-refractivity contribution in [3.05, 3.63) is 29.8 Å². The van der Waals surface area contributed by atoms with E-state index < -0.39 is 0 Å². The zero-order chi connectivity index (χ0) is 14.9. The molecule has 0 radical (unpaired) electrons. The van der Waals surface area contributed by atoms with E-state index in [-0.39, 0.29) is 0 Å². The number of hydrogen-bond donors (Lipinski definition) is 1. The number of benzene rings is 1. The summed E-state index contributed by atoms with van der Waals surface area (Å²) >= 11 is 0. The summed E-state index contributed by atoms with van der Waals surface area (Å²) in [5, 5.41) is 3.53. The highest BCUT2D eigenvalue weighted by Gasteiger charge is 2.12. The molecule has 2 rings (SSSR count). The molecule has 0 bridgehead atoms. The second-order valence-electron chi connectivity index (χ2n) is 5.72. The summed E-state index contributed by atoms with van der Waals surface area (Å²) in [6, 6.07) is 8.29. The van der Waals surface area contributed by atoms with Crippen molar-refractivity contribution in [3.8, 4) is 5.75 Å². The lowest BCUT2D eigenvalue weighted by atomic mass is 10.2. The summed E-state index contributed by atoms with van der Waals surface area (Å²) in [6.45, 7) is 10.7. The van der Waals surface area contributed by atoms with Gasteiger partial charge in [0.25, 0.3) is 0 Å². The monoisotopic (exact) mass is 291 g/mol. The summed E-state index contributed by atoms with van der Waals surface area (Å²) in [6.07, 6.45) is 1.21. The van der Waals surface area contributed by atoms with Gasteiger partial charge in [-0.2, -0.15) is 0 Å². The van der Waals surface area contributed by atoms with Crippen LogP contribution in [0.3, 0.4) is 0 Å². The average molecular weight is 291 g/mol. The molecule has 1 aromatic carbocycles. The van der Waals surface area contributed by atoms with Gasteiger partial charge in [0, 0.05) is 38.3 Å². The molecule has 1 aliphatic heterocycles. The first-order valence-corrected chi connectivity index (χ1v) is 8.12. The Balaban J connectivity index is 1.61. The predicted octanol–water partition coefficient (Wildman–Crippen LogP) is 1.81. The Morgan fingerprint density at radius 3 is 2.67 bits per heavy atom. The number of nitrogens with zero attached hydrogens (tertiary/aromatic N) is 2. The smallest absolute Gasteiger partial charge is 0.123 e. The van der Waals surface area contributed by atoms with E-state index in [0.29, 0.717) is 0 Å². The minimum atomic E-state index is 0.723. The molecule has 0 aliphatic carbocycles. The third kappa shape index (κ3) is 5.65. The zero-order valence-electron chi connectivity index (χ0n) is 13.5. The Kier molecular flexibility index (Phi) is 7.00. The third-order valence-corrected chi connectivity index (χ3v) is 4.01. The van der Waals surface area contributed by atoms with Gasteiger partial charge < -0.3 is 19.9 Å². The summed E-state index contributed by atoms with van der Waals surface area (Å²) in [5.74, 6) is 1.01. The molecule has 1 aromatic rings. The molecule has 1 N–H and O–H groups in total. The van der Waals surface area contributed by atoms with Crippen molar-refractivity contribution < 1.29 is 4.74 Å². The van der Waals surface area contributed by atoms with Crippen LogP contribution in [0, 0.1) is 0 Å². The number of piperazine rings is 1. The molecule has 21 heavy (non-hydrogen) atoms. The van der Waals surface area contributed by atoms with Crippen molar-refractivity contribution >= 4 is 0 Å². The standard InChI is InChI=1S/C17H29N3O/c1-3-21-17-8-5-4-7-16(17)15-18-9-6-10-20-13-11-19(2)12-14-20/h4-5,7-8,18H,3,6,9-15H2,1-2H3. The van der Waals surface area contributed by atoms with Gasteiger partial charge in [-0.25, -0.2) is 0 Å². The molecular weight excluding hydrogens is 262 g/mol. The van der Waals surface area contributed by atoms with Gasteiger partial charge in [0.15, 0.2) is 0 Å². The minimum absolute atomic E-state index is 0.723. The highest BCUT2D eigenvalue weighted by atomic mass is 16.5. The van der Waals surface area contributed by atoms with Gasteiger partial charge >= 0.3 is 0 Å². The summed E-state index contributed by atoms with van der Waals surface area (Å²) < 4.78 is 5.65. The predicted molar refractivity (Wildman–Crippen MR) is 87.9 cm³/mol. The Morgan fingerprint density at radius 1 is 1.14 bits per heavy atom. The maximum Gasteiger partial charge on any atom is 0.123 e. The number of ether oxygens (including phenoxy) is 1. The average Bonchev–Trinajstić information content (AvgIpc) is 2.51. The van der Waals surface area contributed by atoms with Gasteiger partial charge in [-0.15, -0.1) is 0 Å². The molecule has 118 valence electrons. The van der Waals surface area contributed by atoms with Crippen LogP contribution in [-0.2, 0) is 6.54 Å². The molecule has 0 unspecified atom stereocenters. The van der Waals surface area contributed by atoms with E-state index in [1.54, 1.807) is 0 Å². The lowest BCUT2D eigenvalue weighted by molar-refractivity contribution is 0.152. The first-order chi connectivity index (χ1) is 10.3. The van der Waals surface area contributed by atoms with Crippen molar-refractivity contribution in [2.75, 3.05) is 52.9 Å². The fraction of sp³-hybridized carbons (Fsp3) is 0.647. The number of para-hydroxylation sites is 1. The number of hydrogen-bond acceptors (Lipinski definition) is 4. The lowest BCUT2D eigenvalue weighted by Gasteiger charge is -2.32. The second-order valence-corrected chi connectivity index (χ2v) is 5.72. The fourth-order valence-corrected chi connectivity index (χ4v) is 2.67. The Bertz CT molecular complexity index is 403. The van der Waals surface area contributed by atoms with Crippen molar-refractivity contribution in [3.63, 3.8) is 0 Å². The third-order valence-electron chi connectivity index (χ3n) is 4.01. The molecule has 0 amide bonds. The van der Waals surface area contributed by atoms with Crippen LogP contribution in [0.15, 0.2) is 24.3 Å². The molecule has 1 fully saturated rings. The lowest BCUT2D eigenvalue weighted by Crippen LogP contribution is -2.45. The van der Waals surface area contributed by atoms with Crippen molar-refractivity contribution in [2.24, 2.45) is 0 Å². The van der Waals surface area contributed by atoms with Crippen LogP contribution in [0.1, 0.15) is 18.9 Å². The Hall–Kier alpha value is -1.10. The first kappa shape index (κ1) is 16.3. The fourth-order valence-electron chi connectivity index (χ4n) is 2.67. The number of likely N-dealkylation sites (N-methyl/N-ethyl adjacent to an activating group) is 1. The molecule has 1 saturated heterocycles. The molecule has 0 saturated carbocycles. The molecule has 0 spiro atoms. The van der Waals surface area contributed by atoms with Crippen molar-refractivity contribution in [2.45, 2.75) is 19.9 Å². The van der Waals surface area contributed by atoms with Gasteiger partial charge in [-0.3, -0.25) is 0 Å². The zero-order valence-corrected chi connectivity index (χ0v) is 13.5. The Morgan fingerprint density at radius 2 is 1.90 bits per heavy atom.